The Morgan fingerprint density at radius 2 is 2.00 bits per heavy atom. The summed E-state index contributed by atoms with van der Waals surface area (Å²) in [4.78, 5) is 38.6. The summed E-state index contributed by atoms with van der Waals surface area (Å²) in [6.07, 6.45) is 4.75. The molecule has 0 aliphatic carbocycles. The Morgan fingerprint density at radius 3 is 2.59 bits per heavy atom. The van der Waals surface area contributed by atoms with E-state index in [4.69, 9.17) is 0 Å². The van der Waals surface area contributed by atoms with Crippen molar-refractivity contribution in [2.45, 2.75) is 0 Å². The van der Waals surface area contributed by atoms with Crippen LogP contribution >= 0.6 is 0 Å². The highest BCUT2D eigenvalue weighted by Gasteiger charge is 2.18. The van der Waals surface area contributed by atoms with Gasteiger partial charge in [0.05, 0.1) is 29.5 Å². The van der Waals surface area contributed by atoms with Crippen LogP contribution < -0.4 is 5.32 Å². The molecule has 27 heavy (non-hydrogen) atoms. The third-order valence-corrected chi connectivity index (χ3v) is 3.56. The number of aromatic nitrogens is 3. The topological polar surface area (TPSA) is 129 Å². The van der Waals surface area contributed by atoms with Crippen LogP contribution in [0, 0.1) is 10.1 Å². The van der Waals surface area contributed by atoms with Gasteiger partial charge in [-0.05, 0) is 24.3 Å². The number of pyridine rings is 1. The van der Waals surface area contributed by atoms with Gasteiger partial charge in [-0.15, -0.1) is 0 Å². The van der Waals surface area contributed by atoms with Gasteiger partial charge in [-0.1, -0.05) is 0 Å². The van der Waals surface area contributed by atoms with E-state index >= 15 is 0 Å². The molecule has 0 bridgehead atoms. The van der Waals surface area contributed by atoms with E-state index in [0.717, 1.165) is 19.2 Å². The lowest BCUT2D eigenvalue weighted by atomic mass is 10.1. The molecule has 0 saturated heterocycles. The number of ether oxygens (including phenoxy) is 1. The van der Waals surface area contributed by atoms with Gasteiger partial charge in [-0.2, -0.15) is 5.10 Å². The van der Waals surface area contributed by atoms with Gasteiger partial charge in [0.25, 0.3) is 11.6 Å². The number of rotatable bonds is 5. The number of nitro groups is 1. The van der Waals surface area contributed by atoms with Gasteiger partial charge in [0, 0.05) is 30.1 Å². The fourth-order valence-electron chi connectivity index (χ4n) is 2.29. The zero-order valence-electron chi connectivity index (χ0n) is 14.0. The molecule has 10 heteroatoms. The molecule has 2 aromatic heterocycles. The number of non-ortho nitro benzene ring substituents is 1. The number of carbonyl (C=O) groups is 2. The van der Waals surface area contributed by atoms with E-state index in [0.29, 0.717) is 11.5 Å². The summed E-state index contributed by atoms with van der Waals surface area (Å²) in [5, 5.41) is 17.7. The molecule has 1 amide bonds. The van der Waals surface area contributed by atoms with Crippen molar-refractivity contribution in [1.82, 2.24) is 14.8 Å². The standard InChI is InChI=1S/C17H13N5O5/c1-27-17(24)12-7-11(8-14(9-12)22(25)26)16(23)20-13-3-4-15(18-10-13)21-6-2-5-19-21/h2-10H,1H3,(H,20,23). The van der Waals surface area contributed by atoms with E-state index in [2.05, 4.69) is 20.1 Å². The Bertz CT molecular complexity index is 999. The minimum absolute atomic E-state index is 0.0549. The van der Waals surface area contributed by atoms with Gasteiger partial charge < -0.3 is 10.1 Å². The van der Waals surface area contributed by atoms with E-state index in [1.165, 1.54) is 12.3 Å². The summed E-state index contributed by atoms with van der Waals surface area (Å²) in [6, 6.07) is 8.35. The Hall–Kier alpha value is -4.08. The van der Waals surface area contributed by atoms with Crippen molar-refractivity contribution in [2.75, 3.05) is 12.4 Å². The van der Waals surface area contributed by atoms with Crippen LogP contribution in [-0.2, 0) is 4.74 Å². The zero-order valence-corrected chi connectivity index (χ0v) is 14.0. The van der Waals surface area contributed by atoms with Crippen molar-refractivity contribution in [3.63, 3.8) is 0 Å². The summed E-state index contributed by atoms with van der Waals surface area (Å²) in [6.45, 7) is 0. The largest absolute Gasteiger partial charge is 0.465 e. The molecular weight excluding hydrogens is 354 g/mol. The fourth-order valence-corrected chi connectivity index (χ4v) is 2.29. The van der Waals surface area contributed by atoms with Gasteiger partial charge >= 0.3 is 5.97 Å². The molecule has 3 aromatic rings. The molecule has 0 aliphatic heterocycles. The van der Waals surface area contributed by atoms with Gasteiger partial charge in [-0.3, -0.25) is 14.9 Å². The lowest BCUT2D eigenvalue weighted by Gasteiger charge is -2.07. The molecule has 0 fully saturated rings. The lowest BCUT2D eigenvalue weighted by Crippen LogP contribution is -2.14. The predicted molar refractivity (Wildman–Crippen MR) is 93.7 cm³/mol. The lowest BCUT2D eigenvalue weighted by molar-refractivity contribution is -0.384. The van der Waals surface area contributed by atoms with Gasteiger partial charge in [0.15, 0.2) is 5.82 Å². The number of amides is 1. The van der Waals surface area contributed by atoms with E-state index < -0.39 is 22.5 Å². The van der Waals surface area contributed by atoms with Crippen LogP contribution in [-0.4, -0.2) is 38.7 Å². The number of methoxy groups -OCH3 is 1. The number of nitrogens with zero attached hydrogens (tertiary/aromatic N) is 4. The predicted octanol–water partition coefficient (Wildman–Crippen LogP) is 2.21. The van der Waals surface area contributed by atoms with Crippen molar-refractivity contribution < 1.29 is 19.2 Å². The molecular formula is C17H13N5O5. The molecule has 1 aromatic carbocycles. The Kier molecular flexibility index (Phi) is 4.88. The first-order valence-electron chi connectivity index (χ1n) is 7.63. The normalized spacial score (nSPS) is 10.3. The van der Waals surface area contributed by atoms with Crippen LogP contribution in [0.25, 0.3) is 5.82 Å². The molecule has 0 saturated carbocycles. The Balaban J connectivity index is 1.84. The molecule has 136 valence electrons. The fraction of sp³-hybridized carbons (Fsp3) is 0.0588. The molecule has 10 nitrogen and oxygen atoms in total. The molecule has 0 radical (unpaired) electrons. The molecule has 2 heterocycles. The van der Waals surface area contributed by atoms with Crippen molar-refractivity contribution >= 4 is 23.3 Å². The second-order valence-corrected chi connectivity index (χ2v) is 5.33. The van der Waals surface area contributed by atoms with Crippen molar-refractivity contribution in [1.29, 1.82) is 0 Å². The highest BCUT2D eigenvalue weighted by atomic mass is 16.6. The number of anilines is 1. The SMILES string of the molecule is COC(=O)c1cc(C(=O)Nc2ccc(-n3cccn3)nc2)cc([N+](=O)[O-])c1. The number of nitrogens with one attached hydrogen (secondary N) is 1. The molecule has 0 aliphatic rings. The number of benzene rings is 1. The highest BCUT2D eigenvalue weighted by molar-refractivity contribution is 6.06. The Morgan fingerprint density at radius 1 is 1.22 bits per heavy atom. The second-order valence-electron chi connectivity index (χ2n) is 5.33. The first-order chi connectivity index (χ1) is 13.0. The highest BCUT2D eigenvalue weighted by Crippen LogP contribution is 2.19. The van der Waals surface area contributed by atoms with Gasteiger partial charge in [0.1, 0.15) is 0 Å². The zero-order chi connectivity index (χ0) is 19.4. The third kappa shape index (κ3) is 3.95. The average Bonchev–Trinajstić information content (AvgIpc) is 3.22. The number of carbonyl (C=O) groups excluding carboxylic acids is 2. The van der Waals surface area contributed by atoms with E-state index in [1.807, 2.05) is 0 Å². The van der Waals surface area contributed by atoms with Crippen LogP contribution in [0.3, 0.4) is 0 Å². The van der Waals surface area contributed by atoms with Crippen molar-refractivity contribution in [3.05, 3.63) is 76.2 Å². The quantitative estimate of drug-likeness (QED) is 0.416. The van der Waals surface area contributed by atoms with Crippen molar-refractivity contribution in [2.24, 2.45) is 0 Å². The maximum atomic E-state index is 12.4. The minimum Gasteiger partial charge on any atom is -0.465 e. The van der Waals surface area contributed by atoms with E-state index in [9.17, 15) is 19.7 Å². The number of esters is 1. The summed E-state index contributed by atoms with van der Waals surface area (Å²) >= 11 is 0. The van der Waals surface area contributed by atoms with Crippen LogP contribution in [0.2, 0.25) is 0 Å². The average molecular weight is 367 g/mol. The maximum absolute atomic E-state index is 12.4. The van der Waals surface area contributed by atoms with Crippen molar-refractivity contribution in [3.8, 4) is 5.82 Å². The van der Waals surface area contributed by atoms with Crippen LogP contribution in [0.15, 0.2) is 55.0 Å². The van der Waals surface area contributed by atoms with E-state index in [-0.39, 0.29) is 11.1 Å². The molecule has 0 atom stereocenters. The summed E-state index contributed by atoms with van der Waals surface area (Å²) < 4.78 is 6.11. The number of hydrogen-bond donors (Lipinski definition) is 1. The van der Waals surface area contributed by atoms with Crippen LogP contribution in [0.1, 0.15) is 20.7 Å². The van der Waals surface area contributed by atoms with Crippen LogP contribution in [0.4, 0.5) is 11.4 Å². The molecule has 1 N–H and O–H groups in total. The third-order valence-electron chi connectivity index (χ3n) is 3.56. The summed E-state index contributed by atoms with van der Waals surface area (Å²) in [5.74, 6) is -0.850. The Labute approximate surface area is 152 Å². The molecule has 3 rings (SSSR count). The molecule has 0 spiro atoms. The monoisotopic (exact) mass is 367 g/mol. The smallest absolute Gasteiger partial charge is 0.338 e. The second kappa shape index (κ2) is 7.44. The first-order valence-corrected chi connectivity index (χ1v) is 7.63. The first kappa shape index (κ1) is 17.7. The number of nitro benzene ring substituents is 1. The summed E-state index contributed by atoms with van der Waals surface area (Å²) in [5.41, 5.74) is -0.165. The van der Waals surface area contributed by atoms with E-state index in [1.54, 1.807) is 35.3 Å². The van der Waals surface area contributed by atoms with Gasteiger partial charge in [-0.25, -0.2) is 14.5 Å². The van der Waals surface area contributed by atoms with Gasteiger partial charge in [0.2, 0.25) is 0 Å². The number of hydrogen-bond acceptors (Lipinski definition) is 7. The van der Waals surface area contributed by atoms with Crippen LogP contribution in [0.5, 0.6) is 0 Å². The maximum Gasteiger partial charge on any atom is 0.338 e. The minimum atomic E-state index is -0.780. The molecule has 0 unspecified atom stereocenters. The summed E-state index contributed by atoms with van der Waals surface area (Å²) in [7, 11) is 1.15.